The lowest BCUT2D eigenvalue weighted by molar-refractivity contribution is -0.115. The van der Waals surface area contributed by atoms with Gasteiger partial charge >= 0.3 is 6.18 Å². The van der Waals surface area contributed by atoms with Crippen LogP contribution >= 0.6 is 0 Å². The maximum atomic E-state index is 13.4. The molecular weight excluding hydrogens is 473 g/mol. The molecule has 0 saturated carbocycles. The van der Waals surface area contributed by atoms with Crippen LogP contribution in [0.15, 0.2) is 83.9 Å². The number of hydrogen-bond donors (Lipinski definition) is 2. The van der Waals surface area contributed by atoms with E-state index in [9.17, 15) is 18.0 Å². The van der Waals surface area contributed by atoms with Crippen molar-refractivity contribution in [3.8, 4) is 11.3 Å². The van der Waals surface area contributed by atoms with Gasteiger partial charge < -0.3 is 15.1 Å². The van der Waals surface area contributed by atoms with Crippen LogP contribution in [-0.2, 0) is 6.54 Å². The number of carbonyl (C=O) groups is 1. The number of amides is 1. The molecule has 1 amide bonds. The molecule has 2 N–H and O–H groups in total. The van der Waals surface area contributed by atoms with Crippen LogP contribution in [0.3, 0.4) is 0 Å². The van der Waals surface area contributed by atoms with Crippen molar-refractivity contribution in [1.29, 1.82) is 0 Å². The maximum absolute atomic E-state index is 13.4. The highest BCUT2D eigenvalue weighted by atomic mass is 19.4. The minimum atomic E-state index is -4.41. The van der Waals surface area contributed by atoms with Crippen molar-refractivity contribution in [2.75, 3.05) is 17.2 Å². The van der Waals surface area contributed by atoms with Gasteiger partial charge in [-0.2, -0.15) is 18.3 Å². The van der Waals surface area contributed by atoms with E-state index in [1.54, 1.807) is 59.7 Å². The first-order chi connectivity index (χ1) is 17.4. The fraction of sp³-hybridized carbons (Fsp3) is 0.120. The SMILES string of the molecule is O=C(Nc1ccccc1NCC(F)(F)F)c1cc(-c2cccnc2)nc2c1cnn2Cc1ccco1. The molecule has 0 spiro atoms. The Kier molecular flexibility index (Phi) is 6.11. The molecule has 0 radical (unpaired) electrons. The number of nitrogens with one attached hydrogen (secondary N) is 2. The van der Waals surface area contributed by atoms with Gasteiger partial charge in [0.25, 0.3) is 5.91 Å². The van der Waals surface area contributed by atoms with Gasteiger partial charge in [0.05, 0.1) is 40.5 Å². The lowest BCUT2D eigenvalue weighted by Crippen LogP contribution is -2.22. The van der Waals surface area contributed by atoms with Crippen LogP contribution in [0.5, 0.6) is 0 Å². The van der Waals surface area contributed by atoms with Gasteiger partial charge in [0.15, 0.2) is 5.65 Å². The maximum Gasteiger partial charge on any atom is 0.405 e. The summed E-state index contributed by atoms with van der Waals surface area (Å²) >= 11 is 0. The Morgan fingerprint density at radius 3 is 2.58 bits per heavy atom. The molecule has 0 unspecified atom stereocenters. The summed E-state index contributed by atoms with van der Waals surface area (Å²) in [6.45, 7) is -0.935. The molecule has 0 bridgehead atoms. The van der Waals surface area contributed by atoms with Gasteiger partial charge in [0.1, 0.15) is 18.8 Å². The molecule has 0 saturated heterocycles. The molecule has 1 aromatic carbocycles. The van der Waals surface area contributed by atoms with E-state index < -0.39 is 18.6 Å². The number of carbonyl (C=O) groups excluding carboxylic acids is 1. The zero-order valence-electron chi connectivity index (χ0n) is 18.7. The van der Waals surface area contributed by atoms with Crippen LogP contribution in [-0.4, -0.2) is 38.4 Å². The highest BCUT2D eigenvalue weighted by Gasteiger charge is 2.27. The second kappa shape index (κ2) is 9.53. The van der Waals surface area contributed by atoms with Gasteiger partial charge in [0, 0.05) is 18.0 Å². The van der Waals surface area contributed by atoms with Crippen molar-refractivity contribution in [3.63, 3.8) is 0 Å². The first-order valence-electron chi connectivity index (χ1n) is 10.9. The summed E-state index contributed by atoms with van der Waals surface area (Å²) in [4.78, 5) is 22.3. The van der Waals surface area contributed by atoms with Crippen molar-refractivity contribution >= 4 is 28.3 Å². The predicted octanol–water partition coefficient (Wildman–Crippen LogP) is 5.36. The van der Waals surface area contributed by atoms with Crippen LogP contribution in [0.4, 0.5) is 24.5 Å². The highest BCUT2D eigenvalue weighted by molar-refractivity contribution is 6.13. The average Bonchev–Trinajstić information content (AvgIpc) is 3.53. The van der Waals surface area contributed by atoms with Crippen molar-refractivity contribution in [1.82, 2.24) is 19.7 Å². The summed E-state index contributed by atoms with van der Waals surface area (Å²) in [5.41, 5.74) is 2.24. The minimum absolute atomic E-state index is 0.148. The molecule has 182 valence electrons. The monoisotopic (exact) mass is 492 g/mol. The second-order valence-corrected chi connectivity index (χ2v) is 7.88. The van der Waals surface area contributed by atoms with Crippen molar-refractivity contribution in [2.45, 2.75) is 12.7 Å². The van der Waals surface area contributed by atoms with E-state index in [0.29, 0.717) is 34.6 Å². The van der Waals surface area contributed by atoms with E-state index >= 15 is 0 Å². The number of para-hydroxylation sites is 2. The average molecular weight is 492 g/mol. The summed E-state index contributed by atoms with van der Waals surface area (Å²) in [5.74, 6) is 0.135. The van der Waals surface area contributed by atoms with E-state index in [0.717, 1.165) is 0 Å². The largest absolute Gasteiger partial charge is 0.467 e. The lowest BCUT2D eigenvalue weighted by Gasteiger charge is -2.15. The van der Waals surface area contributed by atoms with Gasteiger partial charge in [-0.05, 0) is 42.5 Å². The molecule has 11 heteroatoms. The van der Waals surface area contributed by atoms with Crippen molar-refractivity contribution < 1.29 is 22.4 Å². The van der Waals surface area contributed by atoms with E-state index in [1.165, 1.54) is 18.3 Å². The molecule has 0 atom stereocenters. The molecule has 0 fully saturated rings. The molecule has 4 aromatic heterocycles. The molecule has 4 heterocycles. The summed E-state index contributed by atoms with van der Waals surface area (Å²) < 4.78 is 45.3. The van der Waals surface area contributed by atoms with Crippen LogP contribution in [0.1, 0.15) is 16.1 Å². The van der Waals surface area contributed by atoms with Gasteiger partial charge in [-0.1, -0.05) is 12.1 Å². The number of rotatable bonds is 7. The third kappa shape index (κ3) is 5.04. The van der Waals surface area contributed by atoms with E-state index in [-0.39, 0.29) is 16.9 Å². The Morgan fingerprint density at radius 2 is 1.86 bits per heavy atom. The fourth-order valence-corrected chi connectivity index (χ4v) is 3.69. The molecule has 0 aliphatic rings. The summed E-state index contributed by atoms with van der Waals surface area (Å²) in [6, 6.07) is 14.9. The zero-order chi connectivity index (χ0) is 25.1. The van der Waals surface area contributed by atoms with E-state index in [2.05, 4.69) is 20.7 Å². The summed E-state index contributed by atoms with van der Waals surface area (Å²) in [7, 11) is 0. The number of hydrogen-bond acceptors (Lipinski definition) is 6. The second-order valence-electron chi connectivity index (χ2n) is 7.88. The normalized spacial score (nSPS) is 11.5. The Labute approximate surface area is 202 Å². The Morgan fingerprint density at radius 1 is 1.03 bits per heavy atom. The summed E-state index contributed by atoms with van der Waals surface area (Å²) in [6.07, 6.45) is 1.93. The van der Waals surface area contributed by atoms with Crippen LogP contribution in [0.2, 0.25) is 0 Å². The number of halogens is 3. The smallest absolute Gasteiger partial charge is 0.405 e. The summed E-state index contributed by atoms with van der Waals surface area (Å²) in [5, 5.41) is 9.92. The number of alkyl halides is 3. The van der Waals surface area contributed by atoms with E-state index in [1.807, 2.05) is 6.07 Å². The Hall–Kier alpha value is -4.67. The molecule has 36 heavy (non-hydrogen) atoms. The molecule has 8 nitrogen and oxygen atoms in total. The molecule has 0 aliphatic heterocycles. The Bertz CT molecular complexity index is 1500. The molecular formula is C25H19F3N6O2. The number of furan rings is 1. The third-order valence-corrected chi connectivity index (χ3v) is 5.35. The quantitative estimate of drug-likeness (QED) is 0.317. The van der Waals surface area contributed by atoms with Crippen LogP contribution in [0, 0.1) is 0 Å². The number of nitrogens with zero attached hydrogens (tertiary/aromatic N) is 4. The first kappa shape index (κ1) is 23.1. The molecule has 0 aliphatic carbocycles. The number of anilines is 2. The van der Waals surface area contributed by atoms with Crippen LogP contribution in [0.25, 0.3) is 22.3 Å². The first-order valence-corrected chi connectivity index (χ1v) is 10.9. The topological polar surface area (TPSA) is 97.9 Å². The van der Waals surface area contributed by atoms with Gasteiger partial charge in [-0.3, -0.25) is 9.78 Å². The third-order valence-electron chi connectivity index (χ3n) is 5.35. The zero-order valence-corrected chi connectivity index (χ0v) is 18.7. The standard InChI is InChI=1S/C25H19F3N6O2/c26-25(27,28)15-30-20-7-1-2-8-21(20)33-24(35)18-11-22(16-5-3-9-29-12-16)32-23-19(18)13-31-34(23)14-17-6-4-10-36-17/h1-13,30H,14-15H2,(H,33,35). The predicted molar refractivity (Wildman–Crippen MR) is 128 cm³/mol. The van der Waals surface area contributed by atoms with Crippen molar-refractivity contribution in [2.24, 2.45) is 0 Å². The number of pyridine rings is 2. The number of fused-ring (bicyclic) bond motifs is 1. The number of benzene rings is 1. The van der Waals surface area contributed by atoms with Gasteiger partial charge in [-0.15, -0.1) is 0 Å². The minimum Gasteiger partial charge on any atom is -0.467 e. The fourth-order valence-electron chi connectivity index (χ4n) is 3.69. The molecule has 5 aromatic rings. The number of aromatic nitrogens is 4. The van der Waals surface area contributed by atoms with E-state index in [4.69, 9.17) is 9.40 Å². The lowest BCUT2D eigenvalue weighted by atomic mass is 10.1. The van der Waals surface area contributed by atoms with Crippen molar-refractivity contribution in [3.05, 3.63) is 90.8 Å². The highest BCUT2D eigenvalue weighted by Crippen LogP contribution is 2.28. The van der Waals surface area contributed by atoms with Gasteiger partial charge in [-0.25, -0.2) is 9.67 Å². The van der Waals surface area contributed by atoms with Gasteiger partial charge in [0.2, 0.25) is 0 Å². The Balaban J connectivity index is 1.54. The molecule has 5 rings (SSSR count). The van der Waals surface area contributed by atoms with Crippen LogP contribution < -0.4 is 10.6 Å².